The van der Waals surface area contributed by atoms with Gasteiger partial charge in [-0.05, 0) is 43.9 Å². The van der Waals surface area contributed by atoms with Crippen LogP contribution in [0, 0.1) is 0 Å². The lowest BCUT2D eigenvalue weighted by Crippen LogP contribution is -2.48. The number of hydrogen-bond acceptors (Lipinski definition) is 5. The van der Waals surface area contributed by atoms with E-state index in [2.05, 4.69) is 19.2 Å². The zero-order chi connectivity index (χ0) is 19.8. The summed E-state index contributed by atoms with van der Waals surface area (Å²) in [4.78, 5) is 38.4. The Morgan fingerprint density at radius 2 is 1.93 bits per heavy atom. The Balaban J connectivity index is 1.58. The van der Waals surface area contributed by atoms with Crippen molar-refractivity contribution in [3.63, 3.8) is 0 Å². The molecule has 2 heterocycles. The number of rotatable bonds is 5. The fraction of sp³-hybridized carbons (Fsp3) is 0.550. The molecule has 6 nitrogen and oxygen atoms in total. The second-order valence-corrected chi connectivity index (χ2v) is 9.11. The van der Waals surface area contributed by atoms with E-state index < -0.39 is 18.1 Å². The molecule has 0 unspecified atom stereocenters. The van der Waals surface area contributed by atoms with Crippen LogP contribution in [-0.2, 0) is 19.1 Å². The topological polar surface area (TPSA) is 75.7 Å². The van der Waals surface area contributed by atoms with Gasteiger partial charge in [-0.3, -0.25) is 9.59 Å². The third kappa shape index (κ3) is 3.98. The molecule has 0 saturated carbocycles. The number of nitrogens with one attached hydrogen (secondary N) is 1. The van der Waals surface area contributed by atoms with Gasteiger partial charge in [-0.15, -0.1) is 11.8 Å². The highest BCUT2D eigenvalue weighted by atomic mass is 32.2. The number of anilines is 1. The van der Waals surface area contributed by atoms with Crippen LogP contribution < -0.4 is 5.32 Å². The van der Waals surface area contributed by atoms with E-state index in [4.69, 9.17) is 4.74 Å². The Kier molecular flexibility index (Phi) is 5.51. The van der Waals surface area contributed by atoms with Crippen LogP contribution in [-0.4, -0.2) is 45.5 Å². The van der Waals surface area contributed by atoms with Gasteiger partial charge in [-0.1, -0.05) is 26.0 Å². The van der Waals surface area contributed by atoms with Crippen LogP contribution in [0.1, 0.15) is 52.0 Å². The van der Waals surface area contributed by atoms with Crippen molar-refractivity contribution in [2.75, 3.05) is 11.1 Å². The van der Waals surface area contributed by atoms with E-state index in [0.29, 0.717) is 23.8 Å². The van der Waals surface area contributed by atoms with Crippen LogP contribution in [0.2, 0.25) is 0 Å². The number of carbonyl (C=O) groups is 3. The molecule has 0 spiro atoms. The molecule has 0 radical (unpaired) electrons. The number of amides is 2. The van der Waals surface area contributed by atoms with Crippen molar-refractivity contribution in [1.82, 2.24) is 4.90 Å². The molecular weight excluding hydrogens is 364 g/mol. The van der Waals surface area contributed by atoms with Gasteiger partial charge in [-0.2, -0.15) is 0 Å². The Hall–Kier alpha value is -2.02. The number of nitrogens with zero attached hydrogens (tertiary/aromatic N) is 1. The summed E-state index contributed by atoms with van der Waals surface area (Å²) in [5.41, 5.74) is 1.84. The maximum Gasteiger partial charge on any atom is 0.330 e. The van der Waals surface area contributed by atoms with Crippen molar-refractivity contribution in [1.29, 1.82) is 0 Å². The second-order valence-electron chi connectivity index (χ2n) is 7.61. The van der Waals surface area contributed by atoms with Crippen molar-refractivity contribution in [3.05, 3.63) is 29.8 Å². The van der Waals surface area contributed by atoms with E-state index in [-0.39, 0.29) is 16.7 Å². The van der Waals surface area contributed by atoms with Crippen LogP contribution in [0.5, 0.6) is 0 Å². The van der Waals surface area contributed by atoms with Gasteiger partial charge in [0.1, 0.15) is 6.04 Å². The number of esters is 1. The Bertz CT molecular complexity index is 749. The summed E-state index contributed by atoms with van der Waals surface area (Å²) in [6.07, 6.45) is 0.259. The molecule has 7 heteroatoms. The summed E-state index contributed by atoms with van der Waals surface area (Å²) in [5.74, 6) is -0.00251. The molecule has 0 aliphatic carbocycles. The molecule has 1 N–H and O–H groups in total. The predicted molar refractivity (Wildman–Crippen MR) is 105 cm³/mol. The first kappa shape index (κ1) is 19.7. The van der Waals surface area contributed by atoms with Crippen molar-refractivity contribution in [2.24, 2.45) is 0 Å². The monoisotopic (exact) mass is 390 g/mol. The van der Waals surface area contributed by atoms with Crippen LogP contribution in [0.15, 0.2) is 24.3 Å². The molecule has 3 atom stereocenters. The minimum Gasteiger partial charge on any atom is -0.451 e. The first-order valence-electron chi connectivity index (χ1n) is 9.29. The van der Waals surface area contributed by atoms with Gasteiger partial charge in [-0.25, -0.2) is 4.79 Å². The van der Waals surface area contributed by atoms with Gasteiger partial charge in [0.15, 0.2) is 6.10 Å². The smallest absolute Gasteiger partial charge is 0.330 e. The standard InChI is InChI=1S/C20H26N2O4S/c1-12(2)14-5-7-15(8-6-14)21-18(24)13(3)26-19(25)16-11-27-20(4)10-9-17(23)22(16)20/h5-8,12-13,16H,9-11H2,1-4H3,(H,21,24)/t13-,16-,20+/m1/s1. The maximum absolute atomic E-state index is 12.6. The van der Waals surface area contributed by atoms with Crippen LogP contribution in [0.4, 0.5) is 5.69 Å². The van der Waals surface area contributed by atoms with Crippen LogP contribution in [0.25, 0.3) is 0 Å². The van der Waals surface area contributed by atoms with Gasteiger partial charge in [0.25, 0.3) is 5.91 Å². The maximum atomic E-state index is 12.6. The molecule has 3 rings (SSSR count). The normalized spacial score (nSPS) is 25.4. The SMILES string of the molecule is CC(C)c1ccc(NC(=O)[C@@H](C)OC(=O)[C@H]2CS[C@@]3(C)CCC(=O)N23)cc1. The molecule has 2 aliphatic rings. The highest BCUT2D eigenvalue weighted by molar-refractivity contribution is 8.01. The zero-order valence-corrected chi connectivity index (χ0v) is 17.0. The Morgan fingerprint density at radius 1 is 1.26 bits per heavy atom. The van der Waals surface area contributed by atoms with Gasteiger partial charge >= 0.3 is 5.97 Å². The molecule has 2 fully saturated rings. The minimum absolute atomic E-state index is 0.0215. The van der Waals surface area contributed by atoms with Crippen molar-refractivity contribution in [2.45, 2.75) is 63.5 Å². The molecule has 2 saturated heterocycles. The molecule has 0 bridgehead atoms. The average molecular weight is 391 g/mol. The lowest BCUT2D eigenvalue weighted by Gasteiger charge is -2.29. The number of ether oxygens (including phenoxy) is 1. The van der Waals surface area contributed by atoms with Crippen LogP contribution >= 0.6 is 11.8 Å². The Morgan fingerprint density at radius 3 is 2.56 bits per heavy atom. The largest absolute Gasteiger partial charge is 0.451 e. The molecule has 2 aliphatic heterocycles. The van der Waals surface area contributed by atoms with E-state index in [1.807, 2.05) is 31.2 Å². The summed E-state index contributed by atoms with van der Waals surface area (Å²) in [6, 6.07) is 6.99. The summed E-state index contributed by atoms with van der Waals surface area (Å²) in [7, 11) is 0. The lowest BCUT2D eigenvalue weighted by atomic mass is 10.0. The number of hydrogen-bond donors (Lipinski definition) is 1. The zero-order valence-electron chi connectivity index (χ0n) is 16.2. The third-order valence-electron chi connectivity index (χ3n) is 5.22. The molecule has 1 aromatic rings. The van der Waals surface area contributed by atoms with Crippen LogP contribution in [0.3, 0.4) is 0 Å². The lowest BCUT2D eigenvalue weighted by molar-refractivity contribution is -0.160. The first-order valence-corrected chi connectivity index (χ1v) is 10.3. The third-order valence-corrected chi connectivity index (χ3v) is 6.73. The molecule has 2 amide bonds. The molecule has 27 heavy (non-hydrogen) atoms. The number of fused-ring (bicyclic) bond motifs is 1. The summed E-state index contributed by atoms with van der Waals surface area (Å²) in [5, 5.41) is 2.76. The van der Waals surface area contributed by atoms with Crippen molar-refractivity contribution < 1.29 is 19.1 Å². The van der Waals surface area contributed by atoms with E-state index in [1.165, 1.54) is 5.56 Å². The highest BCUT2D eigenvalue weighted by Crippen LogP contribution is 2.47. The van der Waals surface area contributed by atoms with Gasteiger partial charge in [0.05, 0.1) is 4.87 Å². The van der Waals surface area contributed by atoms with Crippen molar-refractivity contribution >= 4 is 35.2 Å². The quantitative estimate of drug-likeness (QED) is 0.782. The average Bonchev–Trinajstić information content (AvgIpc) is 3.11. The number of thioether (sulfide) groups is 1. The minimum atomic E-state index is -0.933. The fourth-order valence-electron chi connectivity index (χ4n) is 3.50. The molecule has 1 aromatic carbocycles. The second kappa shape index (κ2) is 7.54. The summed E-state index contributed by atoms with van der Waals surface area (Å²) < 4.78 is 5.37. The van der Waals surface area contributed by atoms with Gasteiger partial charge in [0.2, 0.25) is 5.91 Å². The van der Waals surface area contributed by atoms with Crippen molar-refractivity contribution in [3.8, 4) is 0 Å². The fourth-order valence-corrected chi connectivity index (χ4v) is 4.91. The van der Waals surface area contributed by atoms with Gasteiger partial charge < -0.3 is 15.0 Å². The number of benzene rings is 1. The van der Waals surface area contributed by atoms with E-state index in [1.54, 1.807) is 23.6 Å². The summed E-state index contributed by atoms with van der Waals surface area (Å²) in [6.45, 7) is 7.73. The molecule has 146 valence electrons. The number of carbonyl (C=O) groups excluding carboxylic acids is 3. The van der Waals surface area contributed by atoms with E-state index in [9.17, 15) is 14.4 Å². The molecular formula is C20H26N2O4S. The first-order chi connectivity index (χ1) is 12.7. The van der Waals surface area contributed by atoms with Gasteiger partial charge in [0, 0.05) is 17.9 Å². The van der Waals surface area contributed by atoms with E-state index >= 15 is 0 Å². The summed E-state index contributed by atoms with van der Waals surface area (Å²) >= 11 is 1.60. The Labute approximate surface area is 164 Å². The highest BCUT2D eigenvalue weighted by Gasteiger charge is 2.53. The molecule has 0 aromatic heterocycles. The predicted octanol–water partition coefficient (Wildman–Crippen LogP) is 3.13. The van der Waals surface area contributed by atoms with E-state index in [0.717, 1.165) is 6.42 Å².